The molecule has 0 unspecified atom stereocenters. The number of aromatic nitrogens is 2. The number of fused-ring (bicyclic) bond motifs is 1. The van der Waals surface area contributed by atoms with Crippen LogP contribution in [0, 0.1) is 19.8 Å². The molecule has 22 heavy (non-hydrogen) atoms. The number of carbonyl (C=O) groups is 1. The molecule has 1 N–H and O–H groups in total. The number of likely N-dealkylation sites (tertiary alicyclic amines) is 1. The quantitative estimate of drug-likeness (QED) is 0.922. The van der Waals surface area contributed by atoms with Crippen molar-refractivity contribution < 1.29 is 4.79 Å². The smallest absolute Gasteiger partial charge is 0.222 e. The van der Waals surface area contributed by atoms with E-state index >= 15 is 0 Å². The van der Waals surface area contributed by atoms with E-state index in [1.165, 1.54) is 24.1 Å². The number of aryl methyl sites for hydroxylation is 2. The number of nitrogens with zero attached hydrogens (tertiary/aromatic N) is 3. The molecular formula is C17H28N4O. The number of nitrogens with one attached hydrogen (secondary N) is 1. The van der Waals surface area contributed by atoms with Crippen molar-refractivity contribution in [1.82, 2.24) is 20.0 Å². The van der Waals surface area contributed by atoms with E-state index in [2.05, 4.69) is 22.2 Å². The molecule has 2 aliphatic heterocycles. The minimum Gasteiger partial charge on any atom is -0.342 e. The highest BCUT2D eigenvalue weighted by molar-refractivity contribution is 5.76. The Balaban J connectivity index is 1.56. The lowest BCUT2D eigenvalue weighted by molar-refractivity contribution is -0.133. The number of carbonyl (C=O) groups excluding carboxylic acids is 1. The molecule has 0 aromatic carbocycles. The maximum atomic E-state index is 12.6. The molecule has 0 spiro atoms. The highest BCUT2D eigenvalue weighted by Crippen LogP contribution is 2.25. The predicted molar refractivity (Wildman–Crippen MR) is 86.7 cm³/mol. The fraction of sp³-hybridized carbons (Fsp3) is 0.765. The molecule has 2 atom stereocenters. The third-order valence-corrected chi connectivity index (χ3v) is 5.49. The van der Waals surface area contributed by atoms with Gasteiger partial charge in [0.1, 0.15) is 0 Å². The van der Waals surface area contributed by atoms with E-state index in [1.807, 2.05) is 18.7 Å². The average molecular weight is 304 g/mol. The third kappa shape index (κ3) is 3.05. The van der Waals surface area contributed by atoms with Gasteiger partial charge in [0.2, 0.25) is 5.91 Å². The number of hydrogen-bond acceptors (Lipinski definition) is 3. The number of amides is 1. The van der Waals surface area contributed by atoms with Gasteiger partial charge in [0, 0.05) is 38.3 Å². The Bertz CT molecular complexity index is 551. The molecule has 1 amide bonds. The van der Waals surface area contributed by atoms with Gasteiger partial charge in [-0.1, -0.05) is 0 Å². The number of rotatable bonds is 3. The Morgan fingerprint density at radius 3 is 2.91 bits per heavy atom. The fourth-order valence-corrected chi connectivity index (χ4v) is 4.04. The van der Waals surface area contributed by atoms with Gasteiger partial charge in [-0.15, -0.1) is 0 Å². The summed E-state index contributed by atoms with van der Waals surface area (Å²) in [5.74, 6) is 0.972. The third-order valence-electron chi connectivity index (χ3n) is 5.49. The van der Waals surface area contributed by atoms with E-state index in [0.717, 1.165) is 38.2 Å². The second-order valence-electron chi connectivity index (χ2n) is 6.86. The van der Waals surface area contributed by atoms with E-state index in [-0.39, 0.29) is 0 Å². The summed E-state index contributed by atoms with van der Waals surface area (Å²) in [6.07, 6.45) is 5.05. The minimum atomic E-state index is 0.312. The van der Waals surface area contributed by atoms with Crippen molar-refractivity contribution in [2.45, 2.75) is 52.0 Å². The van der Waals surface area contributed by atoms with E-state index in [9.17, 15) is 4.79 Å². The summed E-state index contributed by atoms with van der Waals surface area (Å²) < 4.78 is 1.91. The fourth-order valence-electron chi connectivity index (χ4n) is 4.04. The maximum absolute atomic E-state index is 12.6. The van der Waals surface area contributed by atoms with Crippen LogP contribution in [-0.4, -0.2) is 46.3 Å². The molecule has 122 valence electrons. The van der Waals surface area contributed by atoms with Crippen LogP contribution in [0.3, 0.4) is 0 Å². The molecule has 5 heteroatoms. The molecule has 1 aromatic rings. The molecule has 2 fully saturated rings. The molecule has 0 saturated carbocycles. The first-order valence-electron chi connectivity index (χ1n) is 8.56. The van der Waals surface area contributed by atoms with Crippen molar-refractivity contribution >= 4 is 5.91 Å². The Labute approximate surface area is 133 Å². The lowest BCUT2D eigenvalue weighted by Gasteiger charge is -2.41. The molecule has 0 aliphatic carbocycles. The highest BCUT2D eigenvalue weighted by atomic mass is 16.2. The Morgan fingerprint density at radius 2 is 2.18 bits per heavy atom. The monoisotopic (exact) mass is 304 g/mol. The molecule has 2 aliphatic rings. The lowest BCUT2D eigenvalue weighted by Crippen LogP contribution is -2.53. The van der Waals surface area contributed by atoms with Gasteiger partial charge in [-0.25, -0.2) is 0 Å². The second kappa shape index (κ2) is 6.41. The van der Waals surface area contributed by atoms with Gasteiger partial charge in [-0.05, 0) is 57.6 Å². The van der Waals surface area contributed by atoms with Crippen LogP contribution < -0.4 is 5.32 Å². The van der Waals surface area contributed by atoms with Crippen molar-refractivity contribution in [2.24, 2.45) is 13.0 Å². The zero-order valence-electron chi connectivity index (χ0n) is 14.1. The van der Waals surface area contributed by atoms with Gasteiger partial charge in [0.15, 0.2) is 0 Å². The van der Waals surface area contributed by atoms with E-state index in [4.69, 9.17) is 0 Å². The van der Waals surface area contributed by atoms with Crippen LogP contribution in [0.15, 0.2) is 0 Å². The number of piperidine rings is 2. The lowest BCUT2D eigenvalue weighted by atomic mass is 9.85. The van der Waals surface area contributed by atoms with E-state index < -0.39 is 0 Å². The second-order valence-corrected chi connectivity index (χ2v) is 6.86. The van der Waals surface area contributed by atoms with Crippen LogP contribution in [0.4, 0.5) is 0 Å². The zero-order valence-corrected chi connectivity index (χ0v) is 14.1. The van der Waals surface area contributed by atoms with Crippen LogP contribution in [0.25, 0.3) is 0 Å². The van der Waals surface area contributed by atoms with Crippen LogP contribution in [0.5, 0.6) is 0 Å². The highest BCUT2D eigenvalue weighted by Gasteiger charge is 2.32. The van der Waals surface area contributed by atoms with Crippen LogP contribution >= 0.6 is 0 Å². The van der Waals surface area contributed by atoms with Crippen molar-refractivity contribution in [3.05, 3.63) is 17.0 Å². The summed E-state index contributed by atoms with van der Waals surface area (Å²) in [4.78, 5) is 14.6. The topological polar surface area (TPSA) is 50.2 Å². The molecular weight excluding hydrogens is 276 g/mol. The average Bonchev–Trinajstić information content (AvgIpc) is 2.77. The maximum Gasteiger partial charge on any atom is 0.222 e. The Kier molecular flexibility index (Phi) is 4.52. The summed E-state index contributed by atoms with van der Waals surface area (Å²) in [5, 5.41) is 8.05. The Morgan fingerprint density at radius 1 is 1.36 bits per heavy atom. The van der Waals surface area contributed by atoms with Gasteiger partial charge in [-0.2, -0.15) is 5.10 Å². The van der Waals surface area contributed by atoms with Crippen molar-refractivity contribution in [3.63, 3.8) is 0 Å². The molecule has 1 aromatic heterocycles. The van der Waals surface area contributed by atoms with Gasteiger partial charge < -0.3 is 10.2 Å². The zero-order chi connectivity index (χ0) is 15.7. The van der Waals surface area contributed by atoms with Crippen molar-refractivity contribution in [1.29, 1.82) is 0 Å². The molecule has 0 radical (unpaired) electrons. The Hall–Kier alpha value is -1.36. The van der Waals surface area contributed by atoms with Crippen LogP contribution in [-0.2, 0) is 18.3 Å². The summed E-state index contributed by atoms with van der Waals surface area (Å²) in [6.45, 7) is 7.12. The molecule has 3 heterocycles. The molecule has 3 rings (SSSR count). The first-order chi connectivity index (χ1) is 10.6. The summed E-state index contributed by atoms with van der Waals surface area (Å²) in [6, 6.07) is 0.639. The molecule has 0 bridgehead atoms. The molecule has 5 nitrogen and oxygen atoms in total. The largest absolute Gasteiger partial charge is 0.342 e. The van der Waals surface area contributed by atoms with E-state index in [1.54, 1.807) is 0 Å². The first kappa shape index (κ1) is 15.5. The van der Waals surface area contributed by atoms with Gasteiger partial charge in [0.25, 0.3) is 0 Å². The first-order valence-corrected chi connectivity index (χ1v) is 8.56. The van der Waals surface area contributed by atoms with Crippen molar-refractivity contribution in [2.75, 3.05) is 19.6 Å². The van der Waals surface area contributed by atoms with Gasteiger partial charge in [-0.3, -0.25) is 9.48 Å². The van der Waals surface area contributed by atoms with Gasteiger partial charge >= 0.3 is 0 Å². The summed E-state index contributed by atoms with van der Waals surface area (Å²) in [5.41, 5.74) is 3.48. The summed E-state index contributed by atoms with van der Waals surface area (Å²) in [7, 11) is 1.97. The standard InChI is InChI=1S/C17H28N4O/c1-12-15(13(2)20(3)19-12)6-7-17(22)21-10-8-16-14(11-21)5-4-9-18-16/h14,16,18H,4-11H2,1-3H3/t14-,16+/m1/s1. The minimum absolute atomic E-state index is 0.312. The van der Waals surface area contributed by atoms with Crippen LogP contribution in [0.2, 0.25) is 0 Å². The van der Waals surface area contributed by atoms with Gasteiger partial charge in [0.05, 0.1) is 5.69 Å². The van der Waals surface area contributed by atoms with Crippen molar-refractivity contribution in [3.8, 4) is 0 Å². The number of hydrogen-bond donors (Lipinski definition) is 1. The van der Waals surface area contributed by atoms with E-state index in [0.29, 0.717) is 24.3 Å². The SMILES string of the molecule is Cc1nn(C)c(C)c1CCC(=O)N1CC[C@@H]2NCCC[C@@H]2C1. The van der Waals surface area contributed by atoms with Crippen LogP contribution in [0.1, 0.15) is 42.6 Å². The summed E-state index contributed by atoms with van der Waals surface area (Å²) >= 11 is 0. The predicted octanol–water partition coefficient (Wildman–Crippen LogP) is 1.57. The normalized spacial score (nSPS) is 25.1. The molecule has 2 saturated heterocycles.